The first-order valence-electron chi connectivity index (χ1n) is 6.58. The molecule has 0 N–H and O–H groups in total. The van der Waals surface area contributed by atoms with Crippen LogP contribution in [-0.4, -0.2) is 28.9 Å². The number of pyridine rings is 1. The highest BCUT2D eigenvalue weighted by molar-refractivity contribution is 5.73. The Bertz CT molecular complexity index is 403. The molecular formula is C14H20N2O2. The number of piperidine rings is 1. The fourth-order valence-electron chi connectivity index (χ4n) is 2.48. The highest BCUT2D eigenvalue weighted by Crippen LogP contribution is 2.30. The molecule has 1 amide bonds. The fourth-order valence-corrected chi connectivity index (χ4v) is 2.48. The minimum absolute atomic E-state index is 0.147. The van der Waals surface area contributed by atoms with Gasteiger partial charge in [-0.05, 0) is 31.7 Å². The van der Waals surface area contributed by atoms with Crippen LogP contribution in [0, 0.1) is 0 Å². The van der Waals surface area contributed by atoms with E-state index in [-0.39, 0.29) is 11.9 Å². The molecule has 1 aliphatic heterocycles. The number of amides is 1. The van der Waals surface area contributed by atoms with Gasteiger partial charge in [0.2, 0.25) is 11.8 Å². The van der Waals surface area contributed by atoms with Crippen molar-refractivity contribution in [3.05, 3.63) is 23.9 Å². The molecule has 1 fully saturated rings. The Balaban J connectivity index is 2.15. The molecule has 0 aliphatic carbocycles. The Morgan fingerprint density at radius 1 is 1.50 bits per heavy atom. The van der Waals surface area contributed by atoms with E-state index in [4.69, 9.17) is 4.74 Å². The molecule has 1 aromatic heterocycles. The number of aromatic nitrogens is 1. The molecule has 4 heteroatoms. The molecule has 1 unspecified atom stereocenters. The lowest BCUT2D eigenvalue weighted by Gasteiger charge is -2.35. The summed E-state index contributed by atoms with van der Waals surface area (Å²) in [6, 6.07) is 4.08. The molecule has 18 heavy (non-hydrogen) atoms. The zero-order valence-corrected chi connectivity index (χ0v) is 11.1. The summed E-state index contributed by atoms with van der Waals surface area (Å²) in [5.74, 6) is 0.792. The number of likely N-dealkylation sites (tertiary alicyclic amines) is 1. The Morgan fingerprint density at radius 2 is 2.33 bits per heavy atom. The average molecular weight is 248 g/mol. The Labute approximate surface area is 108 Å². The number of nitrogens with zero attached hydrogens (tertiary/aromatic N) is 2. The van der Waals surface area contributed by atoms with E-state index in [0.29, 0.717) is 12.5 Å². The van der Waals surface area contributed by atoms with Crippen molar-refractivity contribution in [2.75, 3.05) is 13.2 Å². The topological polar surface area (TPSA) is 42.4 Å². The molecule has 2 rings (SSSR count). The van der Waals surface area contributed by atoms with Crippen LogP contribution in [0.15, 0.2) is 18.3 Å². The van der Waals surface area contributed by atoms with Crippen molar-refractivity contribution < 1.29 is 9.53 Å². The molecule has 1 aromatic rings. The van der Waals surface area contributed by atoms with Gasteiger partial charge in [0.1, 0.15) is 0 Å². The summed E-state index contributed by atoms with van der Waals surface area (Å²) in [6.07, 6.45) is 5.12. The molecule has 4 nitrogen and oxygen atoms in total. The predicted molar refractivity (Wildman–Crippen MR) is 69.4 cm³/mol. The molecule has 2 heterocycles. The van der Waals surface area contributed by atoms with Crippen LogP contribution in [0.2, 0.25) is 0 Å². The first kappa shape index (κ1) is 12.9. The summed E-state index contributed by atoms with van der Waals surface area (Å²) in [4.78, 5) is 17.9. The second kappa shape index (κ2) is 5.85. The SMILES string of the molecule is CCOc1ccc(C2CCCCN2C(C)=O)cn1. The number of carbonyl (C=O) groups excluding carboxylic acids is 1. The average Bonchev–Trinajstić information content (AvgIpc) is 2.40. The number of hydrogen-bond donors (Lipinski definition) is 0. The van der Waals surface area contributed by atoms with Crippen molar-refractivity contribution in [2.24, 2.45) is 0 Å². The quantitative estimate of drug-likeness (QED) is 0.825. The molecule has 1 atom stereocenters. The molecular weight excluding hydrogens is 228 g/mol. The van der Waals surface area contributed by atoms with Crippen molar-refractivity contribution in [3.63, 3.8) is 0 Å². The van der Waals surface area contributed by atoms with Gasteiger partial charge in [0.15, 0.2) is 0 Å². The maximum Gasteiger partial charge on any atom is 0.219 e. The van der Waals surface area contributed by atoms with Crippen LogP contribution < -0.4 is 4.74 Å². The van der Waals surface area contributed by atoms with Gasteiger partial charge in [-0.3, -0.25) is 4.79 Å². The van der Waals surface area contributed by atoms with E-state index in [0.717, 1.165) is 24.9 Å². The van der Waals surface area contributed by atoms with E-state index in [1.54, 1.807) is 6.92 Å². The largest absolute Gasteiger partial charge is 0.478 e. The highest BCUT2D eigenvalue weighted by Gasteiger charge is 2.25. The molecule has 98 valence electrons. The highest BCUT2D eigenvalue weighted by atomic mass is 16.5. The van der Waals surface area contributed by atoms with Crippen molar-refractivity contribution in [3.8, 4) is 5.88 Å². The van der Waals surface area contributed by atoms with E-state index >= 15 is 0 Å². The zero-order chi connectivity index (χ0) is 13.0. The van der Waals surface area contributed by atoms with E-state index < -0.39 is 0 Å². The third-order valence-corrected chi connectivity index (χ3v) is 3.34. The van der Waals surface area contributed by atoms with Gasteiger partial charge in [0.25, 0.3) is 0 Å². The third kappa shape index (κ3) is 2.81. The normalized spacial score (nSPS) is 19.7. The first-order valence-corrected chi connectivity index (χ1v) is 6.58. The number of ether oxygens (including phenoxy) is 1. The summed E-state index contributed by atoms with van der Waals surface area (Å²) in [5, 5.41) is 0. The minimum Gasteiger partial charge on any atom is -0.478 e. The summed E-state index contributed by atoms with van der Waals surface area (Å²) in [6.45, 7) is 5.05. The van der Waals surface area contributed by atoms with Gasteiger partial charge in [-0.25, -0.2) is 4.98 Å². The predicted octanol–water partition coefficient (Wildman–Crippen LogP) is 2.55. The van der Waals surface area contributed by atoms with Crippen LogP contribution in [-0.2, 0) is 4.79 Å². The van der Waals surface area contributed by atoms with Crippen LogP contribution in [0.25, 0.3) is 0 Å². The minimum atomic E-state index is 0.147. The van der Waals surface area contributed by atoms with Gasteiger partial charge in [-0.1, -0.05) is 6.07 Å². The van der Waals surface area contributed by atoms with Crippen LogP contribution >= 0.6 is 0 Å². The number of hydrogen-bond acceptors (Lipinski definition) is 3. The van der Waals surface area contributed by atoms with Gasteiger partial charge in [-0.15, -0.1) is 0 Å². The Kier molecular flexibility index (Phi) is 4.18. The molecule has 1 saturated heterocycles. The van der Waals surface area contributed by atoms with Gasteiger partial charge in [-0.2, -0.15) is 0 Å². The lowest BCUT2D eigenvalue weighted by Crippen LogP contribution is -2.36. The van der Waals surface area contributed by atoms with Crippen molar-refractivity contribution >= 4 is 5.91 Å². The fraction of sp³-hybridized carbons (Fsp3) is 0.571. The standard InChI is InChI=1S/C14H20N2O2/c1-3-18-14-8-7-12(10-15-14)13-6-4-5-9-16(13)11(2)17/h7-8,10,13H,3-6,9H2,1-2H3. The van der Waals surface area contributed by atoms with Crippen LogP contribution in [0.4, 0.5) is 0 Å². The summed E-state index contributed by atoms with van der Waals surface area (Å²) in [5.41, 5.74) is 1.10. The first-order chi connectivity index (χ1) is 8.72. The Hall–Kier alpha value is -1.58. The zero-order valence-electron chi connectivity index (χ0n) is 11.1. The molecule has 0 radical (unpaired) electrons. The van der Waals surface area contributed by atoms with Crippen LogP contribution in [0.3, 0.4) is 0 Å². The van der Waals surface area contributed by atoms with Gasteiger partial charge in [0, 0.05) is 25.7 Å². The van der Waals surface area contributed by atoms with Crippen molar-refractivity contribution in [1.82, 2.24) is 9.88 Å². The van der Waals surface area contributed by atoms with Gasteiger partial charge < -0.3 is 9.64 Å². The van der Waals surface area contributed by atoms with Crippen molar-refractivity contribution in [1.29, 1.82) is 0 Å². The maximum atomic E-state index is 11.6. The van der Waals surface area contributed by atoms with E-state index in [1.165, 1.54) is 6.42 Å². The van der Waals surface area contributed by atoms with Crippen LogP contribution in [0.5, 0.6) is 5.88 Å². The molecule has 0 bridgehead atoms. The Morgan fingerprint density at radius 3 is 2.94 bits per heavy atom. The molecule has 0 saturated carbocycles. The van der Waals surface area contributed by atoms with E-state index in [2.05, 4.69) is 4.98 Å². The summed E-state index contributed by atoms with van der Waals surface area (Å²) >= 11 is 0. The molecule has 0 aromatic carbocycles. The number of carbonyl (C=O) groups is 1. The van der Waals surface area contributed by atoms with Gasteiger partial charge in [0.05, 0.1) is 12.6 Å². The number of rotatable bonds is 3. The van der Waals surface area contributed by atoms with Crippen LogP contribution in [0.1, 0.15) is 44.7 Å². The summed E-state index contributed by atoms with van der Waals surface area (Å²) in [7, 11) is 0. The van der Waals surface area contributed by atoms with Crippen molar-refractivity contribution in [2.45, 2.75) is 39.2 Å². The second-order valence-corrected chi connectivity index (χ2v) is 4.59. The second-order valence-electron chi connectivity index (χ2n) is 4.59. The summed E-state index contributed by atoms with van der Waals surface area (Å²) < 4.78 is 5.33. The molecule has 1 aliphatic rings. The van der Waals surface area contributed by atoms with E-state index in [1.807, 2.05) is 30.2 Å². The van der Waals surface area contributed by atoms with Gasteiger partial charge >= 0.3 is 0 Å². The smallest absolute Gasteiger partial charge is 0.219 e. The molecule has 0 spiro atoms. The lowest BCUT2D eigenvalue weighted by molar-refractivity contribution is -0.132. The monoisotopic (exact) mass is 248 g/mol. The van der Waals surface area contributed by atoms with E-state index in [9.17, 15) is 4.79 Å². The third-order valence-electron chi connectivity index (χ3n) is 3.34. The lowest BCUT2D eigenvalue weighted by atomic mass is 9.96. The maximum absolute atomic E-state index is 11.6.